The Hall–Kier alpha value is -0.580. The molecule has 2 rings (SSSR count). The predicted molar refractivity (Wildman–Crippen MR) is 82.8 cm³/mol. The van der Waals surface area contributed by atoms with Gasteiger partial charge >= 0.3 is 0 Å². The first-order valence-corrected chi connectivity index (χ1v) is 7.64. The second-order valence-electron chi connectivity index (χ2n) is 5.43. The molecular weight excluding hydrogens is 337 g/mol. The van der Waals surface area contributed by atoms with E-state index in [1.165, 1.54) is 12.0 Å². The second-order valence-corrected chi connectivity index (χ2v) is 6.50. The number of nitrogens with zero attached hydrogens (tertiary/aromatic N) is 1. The molecule has 0 aliphatic carbocycles. The van der Waals surface area contributed by atoms with Gasteiger partial charge in [-0.05, 0) is 66.8 Å². The third-order valence-corrected chi connectivity index (χ3v) is 5.23. The summed E-state index contributed by atoms with van der Waals surface area (Å²) in [5.41, 5.74) is 2.04. The second kappa shape index (κ2) is 5.59. The van der Waals surface area contributed by atoms with Gasteiger partial charge in [0.05, 0.1) is 5.56 Å². The summed E-state index contributed by atoms with van der Waals surface area (Å²) in [5, 5.41) is 0. The Morgan fingerprint density at radius 2 is 2.06 bits per heavy atom. The number of carbonyl (C=O) groups excluding carboxylic acids is 1. The summed E-state index contributed by atoms with van der Waals surface area (Å²) in [6, 6.07) is 6.34. The van der Waals surface area contributed by atoms with Crippen LogP contribution < -0.4 is 0 Å². The Kier molecular flexibility index (Phi) is 4.30. The summed E-state index contributed by atoms with van der Waals surface area (Å²) in [4.78, 5) is 14.7. The van der Waals surface area contributed by atoms with Gasteiger partial charge < -0.3 is 4.90 Å². The van der Waals surface area contributed by atoms with Crippen LogP contribution in [-0.2, 0) is 0 Å². The lowest BCUT2D eigenvalue weighted by Crippen LogP contribution is -2.45. The number of benzene rings is 1. The molecule has 1 heterocycles. The highest BCUT2D eigenvalue weighted by Gasteiger charge is 2.28. The summed E-state index contributed by atoms with van der Waals surface area (Å²) < 4.78 is 1.09. The molecule has 1 amide bonds. The van der Waals surface area contributed by atoms with Crippen LogP contribution in [0.5, 0.6) is 0 Å². The Morgan fingerprint density at radius 3 is 2.78 bits per heavy atom. The SMILES string of the molecule is Cc1cccc(C(=O)N2CC(C)CCC2C)c1I. The molecule has 1 aromatic carbocycles. The van der Waals surface area contributed by atoms with Crippen LogP contribution in [0.2, 0.25) is 0 Å². The third-order valence-electron chi connectivity index (χ3n) is 3.80. The molecular formula is C15H20INO. The molecule has 0 saturated carbocycles. The number of hydrogen-bond donors (Lipinski definition) is 0. The highest BCUT2D eigenvalue weighted by Crippen LogP contribution is 2.25. The standard InChI is InChI=1S/C15H20INO/c1-10-7-8-12(3)17(9-10)15(18)13-6-4-5-11(2)14(13)16/h4-6,10,12H,7-9H2,1-3H3. The number of amides is 1. The third kappa shape index (κ3) is 2.71. The highest BCUT2D eigenvalue weighted by molar-refractivity contribution is 14.1. The van der Waals surface area contributed by atoms with Gasteiger partial charge in [0.2, 0.25) is 0 Å². The highest BCUT2D eigenvalue weighted by atomic mass is 127. The molecule has 2 atom stereocenters. The smallest absolute Gasteiger partial charge is 0.255 e. The van der Waals surface area contributed by atoms with Gasteiger partial charge in [-0.2, -0.15) is 0 Å². The van der Waals surface area contributed by atoms with Gasteiger partial charge in [-0.15, -0.1) is 0 Å². The van der Waals surface area contributed by atoms with Crippen molar-refractivity contribution in [1.29, 1.82) is 0 Å². The quantitative estimate of drug-likeness (QED) is 0.699. The van der Waals surface area contributed by atoms with Gasteiger partial charge in [0.1, 0.15) is 0 Å². The largest absolute Gasteiger partial charge is 0.336 e. The normalized spacial score (nSPS) is 24.1. The van der Waals surface area contributed by atoms with Crippen LogP contribution in [0.4, 0.5) is 0 Å². The van der Waals surface area contributed by atoms with Crippen LogP contribution in [0.15, 0.2) is 18.2 Å². The molecule has 0 radical (unpaired) electrons. The number of halogens is 1. The topological polar surface area (TPSA) is 20.3 Å². The maximum absolute atomic E-state index is 12.6. The molecule has 18 heavy (non-hydrogen) atoms. The molecule has 3 heteroatoms. The molecule has 1 aliphatic heterocycles. The van der Waals surface area contributed by atoms with Crippen molar-refractivity contribution < 1.29 is 4.79 Å². The Bertz CT molecular complexity index is 458. The fourth-order valence-electron chi connectivity index (χ4n) is 2.54. The average Bonchev–Trinajstić information content (AvgIpc) is 2.35. The molecule has 0 spiro atoms. The zero-order valence-electron chi connectivity index (χ0n) is 11.2. The number of aryl methyl sites for hydroxylation is 1. The molecule has 0 aromatic heterocycles. The predicted octanol–water partition coefficient (Wildman–Crippen LogP) is 3.86. The van der Waals surface area contributed by atoms with Crippen molar-refractivity contribution in [1.82, 2.24) is 4.90 Å². The van der Waals surface area contributed by atoms with Crippen molar-refractivity contribution in [2.24, 2.45) is 5.92 Å². The molecule has 1 aromatic rings. The molecule has 1 saturated heterocycles. The van der Waals surface area contributed by atoms with Crippen LogP contribution in [0.1, 0.15) is 42.6 Å². The number of carbonyl (C=O) groups is 1. The van der Waals surface area contributed by atoms with E-state index < -0.39 is 0 Å². The first-order valence-electron chi connectivity index (χ1n) is 6.56. The fourth-order valence-corrected chi connectivity index (χ4v) is 3.13. The van der Waals surface area contributed by atoms with Crippen molar-refractivity contribution in [3.05, 3.63) is 32.9 Å². The lowest BCUT2D eigenvalue weighted by Gasteiger charge is -2.37. The van der Waals surface area contributed by atoms with E-state index in [4.69, 9.17) is 0 Å². The molecule has 1 fully saturated rings. The Balaban J connectivity index is 2.27. The monoisotopic (exact) mass is 357 g/mol. The van der Waals surface area contributed by atoms with E-state index in [9.17, 15) is 4.79 Å². The summed E-state index contributed by atoms with van der Waals surface area (Å²) in [6.07, 6.45) is 2.35. The van der Waals surface area contributed by atoms with Crippen LogP contribution in [-0.4, -0.2) is 23.4 Å². The maximum Gasteiger partial charge on any atom is 0.255 e. The lowest BCUT2D eigenvalue weighted by molar-refractivity contribution is 0.0573. The summed E-state index contributed by atoms with van der Waals surface area (Å²) in [7, 11) is 0. The Morgan fingerprint density at radius 1 is 1.33 bits per heavy atom. The molecule has 0 bridgehead atoms. The van der Waals surface area contributed by atoms with Crippen LogP contribution >= 0.6 is 22.6 Å². The van der Waals surface area contributed by atoms with E-state index in [0.717, 1.165) is 22.1 Å². The lowest BCUT2D eigenvalue weighted by atomic mass is 9.94. The summed E-state index contributed by atoms with van der Waals surface area (Å²) in [5.74, 6) is 0.815. The molecule has 0 N–H and O–H groups in total. The van der Waals surface area contributed by atoms with Crippen LogP contribution in [0.25, 0.3) is 0 Å². The summed E-state index contributed by atoms with van der Waals surface area (Å²) >= 11 is 2.28. The van der Waals surface area contributed by atoms with E-state index in [0.29, 0.717) is 12.0 Å². The van der Waals surface area contributed by atoms with E-state index in [1.807, 2.05) is 17.0 Å². The van der Waals surface area contributed by atoms with Crippen molar-refractivity contribution in [2.45, 2.75) is 39.7 Å². The number of hydrogen-bond acceptors (Lipinski definition) is 1. The fraction of sp³-hybridized carbons (Fsp3) is 0.533. The van der Waals surface area contributed by atoms with Gasteiger partial charge in [0, 0.05) is 16.2 Å². The summed E-state index contributed by atoms with van der Waals surface area (Å²) in [6.45, 7) is 7.34. The van der Waals surface area contributed by atoms with E-state index in [1.54, 1.807) is 0 Å². The van der Waals surface area contributed by atoms with Crippen molar-refractivity contribution in [2.75, 3.05) is 6.54 Å². The minimum atomic E-state index is 0.196. The molecule has 2 nitrogen and oxygen atoms in total. The first kappa shape index (κ1) is 13.8. The zero-order valence-corrected chi connectivity index (χ0v) is 13.4. The number of rotatable bonds is 1. The van der Waals surface area contributed by atoms with Gasteiger partial charge in [-0.25, -0.2) is 0 Å². The molecule has 98 valence electrons. The van der Waals surface area contributed by atoms with Crippen LogP contribution in [0, 0.1) is 16.4 Å². The van der Waals surface area contributed by atoms with E-state index >= 15 is 0 Å². The first-order chi connectivity index (χ1) is 8.50. The van der Waals surface area contributed by atoms with Crippen molar-refractivity contribution in [3.8, 4) is 0 Å². The maximum atomic E-state index is 12.6. The van der Waals surface area contributed by atoms with Crippen molar-refractivity contribution >= 4 is 28.5 Å². The molecule has 1 aliphatic rings. The zero-order chi connectivity index (χ0) is 13.3. The molecule has 2 unspecified atom stereocenters. The van der Waals surface area contributed by atoms with E-state index in [-0.39, 0.29) is 5.91 Å². The van der Waals surface area contributed by atoms with E-state index in [2.05, 4.69) is 49.4 Å². The van der Waals surface area contributed by atoms with Crippen LogP contribution in [0.3, 0.4) is 0 Å². The minimum Gasteiger partial charge on any atom is -0.336 e. The number of likely N-dealkylation sites (tertiary alicyclic amines) is 1. The van der Waals surface area contributed by atoms with Gasteiger partial charge in [-0.3, -0.25) is 4.79 Å². The Labute approximate surface area is 123 Å². The average molecular weight is 357 g/mol. The van der Waals surface area contributed by atoms with Gasteiger partial charge in [-0.1, -0.05) is 19.1 Å². The van der Waals surface area contributed by atoms with Gasteiger partial charge in [0.15, 0.2) is 0 Å². The number of piperidine rings is 1. The minimum absolute atomic E-state index is 0.196. The van der Waals surface area contributed by atoms with Crippen molar-refractivity contribution in [3.63, 3.8) is 0 Å². The van der Waals surface area contributed by atoms with Gasteiger partial charge in [0.25, 0.3) is 5.91 Å².